The van der Waals surface area contributed by atoms with Crippen LogP contribution in [0.3, 0.4) is 0 Å². The molecule has 1 fully saturated rings. The number of benzene rings is 1. The van der Waals surface area contributed by atoms with Crippen LogP contribution < -0.4 is 25.0 Å². The molecule has 2 N–H and O–H groups in total. The summed E-state index contributed by atoms with van der Waals surface area (Å²) in [6.45, 7) is 10.1. The first-order valence-corrected chi connectivity index (χ1v) is 11.3. The fourth-order valence-electron chi connectivity index (χ4n) is 3.58. The summed E-state index contributed by atoms with van der Waals surface area (Å²) in [6, 6.07) is 11.8. The maximum absolute atomic E-state index is 6.04. The van der Waals surface area contributed by atoms with Crippen LogP contribution in [0.25, 0.3) is 0 Å². The number of likely N-dealkylation sites (N-methyl/N-ethyl adjacent to an activating group) is 1. The van der Waals surface area contributed by atoms with Crippen molar-refractivity contribution in [2.75, 3.05) is 58.3 Å². The molecule has 174 valence electrons. The summed E-state index contributed by atoms with van der Waals surface area (Å²) in [7, 11) is 3.81. The maximum Gasteiger partial charge on any atom is 0.191 e. The van der Waals surface area contributed by atoms with Gasteiger partial charge in [0.1, 0.15) is 11.9 Å². The number of ether oxygens (including phenoxy) is 2. The van der Waals surface area contributed by atoms with Gasteiger partial charge in [-0.3, -0.25) is 0 Å². The molecule has 8 nitrogen and oxygen atoms in total. The van der Waals surface area contributed by atoms with Crippen molar-refractivity contribution in [3.8, 4) is 11.5 Å². The molecule has 2 aromatic rings. The zero-order chi connectivity index (χ0) is 22.8. The van der Waals surface area contributed by atoms with Crippen molar-refractivity contribution in [3.63, 3.8) is 0 Å². The first-order chi connectivity index (χ1) is 15.6. The summed E-state index contributed by atoms with van der Waals surface area (Å²) in [5.41, 5.74) is 1.13. The van der Waals surface area contributed by atoms with Crippen LogP contribution in [-0.2, 0) is 6.54 Å². The maximum atomic E-state index is 6.04. The summed E-state index contributed by atoms with van der Waals surface area (Å²) >= 11 is 0. The zero-order valence-corrected chi connectivity index (χ0v) is 19.7. The molecule has 1 aromatic carbocycles. The summed E-state index contributed by atoms with van der Waals surface area (Å²) in [5.74, 6) is 3.26. The van der Waals surface area contributed by atoms with E-state index in [2.05, 4.69) is 45.5 Å². The van der Waals surface area contributed by atoms with Crippen molar-refractivity contribution in [1.82, 2.24) is 20.5 Å². The molecule has 2 heterocycles. The van der Waals surface area contributed by atoms with E-state index in [1.807, 2.05) is 43.5 Å². The van der Waals surface area contributed by atoms with E-state index in [-0.39, 0.29) is 6.10 Å². The van der Waals surface area contributed by atoms with Gasteiger partial charge >= 0.3 is 0 Å². The number of anilines is 1. The Morgan fingerprint density at radius 3 is 2.56 bits per heavy atom. The molecule has 8 heteroatoms. The number of hydrogen-bond acceptors (Lipinski definition) is 6. The van der Waals surface area contributed by atoms with Crippen molar-refractivity contribution in [2.45, 2.75) is 26.5 Å². The van der Waals surface area contributed by atoms with E-state index in [0.29, 0.717) is 13.1 Å². The van der Waals surface area contributed by atoms with Crippen molar-refractivity contribution in [2.24, 2.45) is 4.99 Å². The molecule has 1 unspecified atom stereocenters. The van der Waals surface area contributed by atoms with Gasteiger partial charge in [-0.15, -0.1) is 0 Å². The third-order valence-electron chi connectivity index (χ3n) is 5.38. The predicted octanol–water partition coefficient (Wildman–Crippen LogP) is 2.36. The van der Waals surface area contributed by atoms with Crippen LogP contribution in [0.15, 0.2) is 47.6 Å². The minimum atomic E-state index is -0.0607. The Hall–Kier alpha value is -3.00. The van der Waals surface area contributed by atoms with Gasteiger partial charge in [-0.05, 0) is 39.1 Å². The molecule has 1 aliphatic heterocycles. The van der Waals surface area contributed by atoms with Gasteiger partial charge in [-0.25, -0.2) is 9.98 Å². The third-order valence-corrected chi connectivity index (χ3v) is 5.38. The van der Waals surface area contributed by atoms with Gasteiger partial charge in [-0.1, -0.05) is 18.2 Å². The van der Waals surface area contributed by atoms with E-state index in [1.165, 1.54) is 0 Å². The minimum Gasteiger partial charge on any atom is -0.493 e. The second-order valence-electron chi connectivity index (χ2n) is 7.93. The predicted molar refractivity (Wildman–Crippen MR) is 130 cm³/mol. The smallest absolute Gasteiger partial charge is 0.191 e. The Morgan fingerprint density at radius 1 is 1.09 bits per heavy atom. The highest BCUT2D eigenvalue weighted by atomic mass is 16.5. The van der Waals surface area contributed by atoms with Gasteiger partial charge in [0.2, 0.25) is 0 Å². The Bertz CT molecular complexity index is 867. The number of pyridine rings is 1. The second-order valence-corrected chi connectivity index (χ2v) is 7.93. The van der Waals surface area contributed by atoms with Crippen LogP contribution in [-0.4, -0.2) is 75.4 Å². The van der Waals surface area contributed by atoms with Crippen molar-refractivity contribution in [3.05, 3.63) is 48.2 Å². The molecule has 0 amide bonds. The average molecular weight is 441 g/mol. The van der Waals surface area contributed by atoms with Gasteiger partial charge in [0, 0.05) is 44.5 Å². The van der Waals surface area contributed by atoms with Crippen molar-refractivity contribution in [1.29, 1.82) is 0 Å². The Kier molecular flexibility index (Phi) is 8.98. The highest BCUT2D eigenvalue weighted by Crippen LogP contribution is 2.26. The quantitative estimate of drug-likeness (QED) is 0.458. The first kappa shape index (κ1) is 23.7. The molecule has 32 heavy (non-hydrogen) atoms. The number of rotatable bonds is 9. The van der Waals surface area contributed by atoms with Crippen LogP contribution in [0.5, 0.6) is 11.5 Å². The molecular formula is C24H36N6O2. The molecule has 0 radical (unpaired) electrons. The van der Waals surface area contributed by atoms with Crippen molar-refractivity contribution >= 4 is 11.8 Å². The number of hydrogen-bond donors (Lipinski definition) is 2. The van der Waals surface area contributed by atoms with Crippen LogP contribution in [0.1, 0.15) is 19.4 Å². The van der Waals surface area contributed by atoms with E-state index >= 15 is 0 Å². The van der Waals surface area contributed by atoms with Crippen LogP contribution in [0.2, 0.25) is 0 Å². The number of aliphatic imine (C=N–C) groups is 1. The topological polar surface area (TPSA) is 74.3 Å². The van der Waals surface area contributed by atoms with Crippen LogP contribution >= 0.6 is 0 Å². The SMILES string of the molecule is CCNC(=NCc1cccnc1N1CCN(C)CC1)NCC(C)Oc1ccccc1OC. The third kappa shape index (κ3) is 6.75. The molecule has 0 spiro atoms. The summed E-state index contributed by atoms with van der Waals surface area (Å²) < 4.78 is 11.4. The molecule has 1 saturated heterocycles. The van der Waals surface area contributed by atoms with E-state index in [9.17, 15) is 0 Å². The normalized spacial score (nSPS) is 15.9. The summed E-state index contributed by atoms with van der Waals surface area (Å²) in [6.07, 6.45) is 1.80. The van der Waals surface area contributed by atoms with E-state index in [4.69, 9.17) is 14.5 Å². The summed E-state index contributed by atoms with van der Waals surface area (Å²) in [4.78, 5) is 14.2. The molecule has 1 atom stereocenters. The average Bonchev–Trinajstić information content (AvgIpc) is 2.82. The number of nitrogens with zero attached hydrogens (tertiary/aromatic N) is 4. The number of piperazine rings is 1. The minimum absolute atomic E-state index is 0.0607. The number of para-hydroxylation sites is 2. The molecule has 3 rings (SSSR count). The van der Waals surface area contributed by atoms with Crippen LogP contribution in [0.4, 0.5) is 5.82 Å². The van der Waals surface area contributed by atoms with Gasteiger partial charge in [-0.2, -0.15) is 0 Å². The van der Waals surface area contributed by atoms with Crippen molar-refractivity contribution < 1.29 is 9.47 Å². The fraction of sp³-hybridized carbons (Fsp3) is 0.500. The van der Waals surface area contributed by atoms with E-state index in [1.54, 1.807) is 7.11 Å². The highest BCUT2D eigenvalue weighted by Gasteiger charge is 2.18. The molecule has 0 bridgehead atoms. The van der Waals surface area contributed by atoms with Gasteiger partial charge < -0.3 is 29.9 Å². The molecular weight excluding hydrogens is 404 g/mol. The van der Waals surface area contributed by atoms with E-state index < -0.39 is 0 Å². The van der Waals surface area contributed by atoms with Gasteiger partial charge in [0.05, 0.1) is 20.2 Å². The fourth-order valence-corrected chi connectivity index (χ4v) is 3.58. The molecule has 1 aliphatic rings. The lowest BCUT2D eigenvalue weighted by atomic mass is 10.2. The molecule has 0 aliphatic carbocycles. The highest BCUT2D eigenvalue weighted by molar-refractivity contribution is 5.79. The monoisotopic (exact) mass is 440 g/mol. The Labute approximate surface area is 191 Å². The van der Waals surface area contributed by atoms with Crippen LogP contribution in [0, 0.1) is 0 Å². The standard InChI is InChI=1S/C24H36N6O2/c1-5-25-24(27-17-19(2)32-22-11-7-6-10-21(22)31-4)28-18-20-9-8-12-26-23(20)30-15-13-29(3)14-16-30/h6-12,19H,5,13-18H2,1-4H3,(H2,25,27,28). The largest absolute Gasteiger partial charge is 0.493 e. The van der Waals surface area contributed by atoms with Gasteiger partial charge in [0.15, 0.2) is 17.5 Å². The first-order valence-electron chi connectivity index (χ1n) is 11.3. The Morgan fingerprint density at radius 2 is 1.84 bits per heavy atom. The molecule has 0 saturated carbocycles. The number of guanidine groups is 1. The Balaban J connectivity index is 1.60. The summed E-state index contributed by atoms with van der Waals surface area (Å²) in [5, 5.41) is 6.70. The van der Waals surface area contributed by atoms with E-state index in [0.717, 1.165) is 61.6 Å². The lowest BCUT2D eigenvalue weighted by Crippen LogP contribution is -2.45. The lowest BCUT2D eigenvalue weighted by Gasteiger charge is -2.34. The van der Waals surface area contributed by atoms with Gasteiger partial charge in [0.25, 0.3) is 0 Å². The lowest BCUT2D eigenvalue weighted by molar-refractivity contribution is 0.213. The zero-order valence-electron chi connectivity index (χ0n) is 19.7. The number of methoxy groups -OCH3 is 1. The molecule has 1 aromatic heterocycles. The second kappa shape index (κ2) is 12.1. The number of aromatic nitrogens is 1. The number of nitrogens with one attached hydrogen (secondary N) is 2.